The van der Waals surface area contributed by atoms with Gasteiger partial charge >= 0.3 is 0 Å². The molecule has 3 fully saturated rings. The van der Waals surface area contributed by atoms with Crippen LogP contribution in [0.3, 0.4) is 0 Å². The molecule has 0 bridgehead atoms. The van der Waals surface area contributed by atoms with Crippen molar-refractivity contribution in [2.24, 2.45) is 0 Å². The van der Waals surface area contributed by atoms with Gasteiger partial charge < -0.3 is 15.2 Å². The third-order valence-electron chi connectivity index (χ3n) is 7.93. The van der Waals surface area contributed by atoms with E-state index >= 15 is 0 Å². The van der Waals surface area contributed by atoms with Crippen molar-refractivity contribution >= 4 is 22.4 Å². The zero-order chi connectivity index (χ0) is 21.5. The van der Waals surface area contributed by atoms with Gasteiger partial charge in [0.05, 0.1) is 11.7 Å². The minimum Gasteiger partial charge on any atom is -0.345 e. The Kier molecular flexibility index (Phi) is 5.75. The molecule has 3 aromatic heterocycles. The van der Waals surface area contributed by atoms with Crippen LogP contribution in [0.1, 0.15) is 61.1 Å². The summed E-state index contributed by atoms with van der Waals surface area (Å²) < 4.78 is 0. The van der Waals surface area contributed by atoms with E-state index in [1.807, 2.05) is 0 Å². The molecule has 1 atom stereocenters. The number of likely N-dealkylation sites (N-methyl/N-ethyl adjacent to an activating group) is 1. The minimum absolute atomic E-state index is 0.433. The molecule has 0 aromatic carbocycles. The number of nitrogens with zero attached hydrogens (tertiary/aromatic N) is 4. The fraction of sp³-hybridized carbons (Fsp3) is 0.600. The van der Waals surface area contributed by atoms with Crippen LogP contribution in [0.5, 0.6) is 0 Å². The first-order valence-corrected chi connectivity index (χ1v) is 13.2. The number of fused-ring (bicyclic) bond motifs is 1. The van der Waals surface area contributed by atoms with Gasteiger partial charge in [-0.3, -0.25) is 4.90 Å². The van der Waals surface area contributed by atoms with E-state index < -0.39 is 0 Å². The number of aromatic nitrogens is 3. The Hall–Kier alpha value is -1.80. The number of piperazine rings is 1. The van der Waals surface area contributed by atoms with Gasteiger partial charge in [-0.25, -0.2) is 9.97 Å². The molecular formula is C25H34N6S. The van der Waals surface area contributed by atoms with E-state index in [4.69, 9.17) is 9.97 Å². The molecule has 0 amide bonds. The number of hydrogen-bond acceptors (Lipinski definition) is 6. The lowest BCUT2D eigenvalue weighted by atomic mass is 9.81. The topological polar surface area (TPSA) is 60.1 Å². The zero-order valence-electron chi connectivity index (χ0n) is 19.0. The normalized spacial score (nSPS) is 28.0. The number of aromatic amines is 1. The molecule has 0 radical (unpaired) electrons. The molecule has 3 aromatic rings. The number of hydrogen-bond donors (Lipinski definition) is 2. The fourth-order valence-electron chi connectivity index (χ4n) is 5.88. The molecule has 6 nitrogen and oxygen atoms in total. The summed E-state index contributed by atoms with van der Waals surface area (Å²) in [5.74, 6) is 0.632. The zero-order valence-corrected chi connectivity index (χ0v) is 19.8. The van der Waals surface area contributed by atoms with Crippen molar-refractivity contribution in [1.82, 2.24) is 30.1 Å². The maximum atomic E-state index is 4.99. The van der Waals surface area contributed by atoms with E-state index in [1.165, 1.54) is 86.2 Å². The number of H-pyrrole nitrogens is 1. The van der Waals surface area contributed by atoms with E-state index in [-0.39, 0.29) is 0 Å². The summed E-state index contributed by atoms with van der Waals surface area (Å²) >= 11 is 1.78. The summed E-state index contributed by atoms with van der Waals surface area (Å²) in [6, 6.07) is 3.60. The van der Waals surface area contributed by atoms with Gasteiger partial charge in [0.25, 0.3) is 0 Å². The third-order valence-corrected chi connectivity index (χ3v) is 8.89. The van der Waals surface area contributed by atoms with Crippen LogP contribution in [-0.4, -0.2) is 70.6 Å². The Morgan fingerprint density at radius 1 is 1.06 bits per heavy atom. The third kappa shape index (κ3) is 4.00. The Bertz CT molecular complexity index is 1050. The van der Waals surface area contributed by atoms with Crippen LogP contribution in [0.4, 0.5) is 0 Å². The standard InChI is InChI=1S/C25H34N6S/c1-30-9-11-31(12-10-30)19-6-4-17(5-7-19)18-13-20-21(15-28-24(20)27-14-18)23-16-32-25(29-23)22-3-2-8-26-22/h13-17,19,22,26H,2-12H2,1H3,(H,27,28). The van der Waals surface area contributed by atoms with Gasteiger partial charge in [-0.2, -0.15) is 0 Å². The number of pyridine rings is 1. The predicted octanol–water partition coefficient (Wildman–Crippen LogP) is 4.38. The number of thiazole rings is 1. The first-order chi connectivity index (χ1) is 15.7. The molecule has 170 valence electrons. The van der Waals surface area contributed by atoms with E-state index in [0.717, 1.165) is 23.9 Å². The van der Waals surface area contributed by atoms with Crippen LogP contribution >= 0.6 is 11.3 Å². The van der Waals surface area contributed by atoms with Crippen molar-refractivity contribution in [2.45, 2.75) is 56.5 Å². The number of rotatable bonds is 4. The van der Waals surface area contributed by atoms with E-state index in [9.17, 15) is 0 Å². The molecule has 6 rings (SSSR count). The van der Waals surface area contributed by atoms with E-state index in [2.05, 4.69) is 51.0 Å². The summed E-state index contributed by atoms with van der Waals surface area (Å²) in [5.41, 5.74) is 4.66. The van der Waals surface area contributed by atoms with Gasteiger partial charge in [0.1, 0.15) is 10.7 Å². The van der Waals surface area contributed by atoms with E-state index in [0.29, 0.717) is 12.0 Å². The maximum Gasteiger partial charge on any atom is 0.137 e. The van der Waals surface area contributed by atoms with Gasteiger partial charge in [-0.05, 0) is 69.7 Å². The Morgan fingerprint density at radius 3 is 2.69 bits per heavy atom. The molecule has 2 saturated heterocycles. The second kappa shape index (κ2) is 8.86. The Labute approximate surface area is 194 Å². The highest BCUT2D eigenvalue weighted by Gasteiger charge is 2.29. The molecule has 1 unspecified atom stereocenters. The average molecular weight is 451 g/mol. The Morgan fingerprint density at radius 2 is 1.91 bits per heavy atom. The van der Waals surface area contributed by atoms with Gasteiger partial charge in [0.2, 0.25) is 0 Å². The number of nitrogens with one attached hydrogen (secondary N) is 2. The smallest absolute Gasteiger partial charge is 0.137 e. The van der Waals surface area contributed by atoms with Crippen LogP contribution < -0.4 is 5.32 Å². The molecule has 1 aliphatic carbocycles. The molecule has 1 saturated carbocycles. The summed E-state index contributed by atoms with van der Waals surface area (Å²) in [4.78, 5) is 18.4. The fourth-order valence-corrected chi connectivity index (χ4v) is 6.81. The van der Waals surface area contributed by atoms with Crippen molar-refractivity contribution in [1.29, 1.82) is 0 Å². The van der Waals surface area contributed by atoms with Crippen molar-refractivity contribution in [2.75, 3.05) is 39.8 Å². The second-order valence-electron chi connectivity index (χ2n) is 9.93. The van der Waals surface area contributed by atoms with Gasteiger partial charge in [-0.1, -0.05) is 0 Å². The largest absolute Gasteiger partial charge is 0.345 e. The van der Waals surface area contributed by atoms with Gasteiger partial charge in [0, 0.05) is 60.9 Å². The SMILES string of the molecule is CN1CCN(C2CCC(c3cnc4[nH]cc(-c5csc(C6CCCN6)n5)c4c3)CC2)CC1. The first-order valence-electron chi connectivity index (χ1n) is 12.3. The van der Waals surface area contributed by atoms with Crippen LogP contribution in [0.25, 0.3) is 22.3 Å². The lowest BCUT2D eigenvalue weighted by Gasteiger charge is -2.41. The highest BCUT2D eigenvalue weighted by atomic mass is 32.1. The van der Waals surface area contributed by atoms with Crippen LogP contribution in [0, 0.1) is 0 Å². The summed E-state index contributed by atoms with van der Waals surface area (Å²) in [7, 11) is 2.24. The molecule has 2 N–H and O–H groups in total. The molecule has 2 aliphatic heterocycles. The van der Waals surface area contributed by atoms with Crippen molar-refractivity contribution in [3.8, 4) is 11.3 Å². The minimum atomic E-state index is 0.433. The van der Waals surface area contributed by atoms with Crippen molar-refractivity contribution in [3.63, 3.8) is 0 Å². The van der Waals surface area contributed by atoms with Crippen LogP contribution in [0.15, 0.2) is 23.8 Å². The quantitative estimate of drug-likeness (QED) is 0.618. The summed E-state index contributed by atoms with van der Waals surface area (Å²) in [5, 5.41) is 8.23. The van der Waals surface area contributed by atoms with Crippen LogP contribution in [-0.2, 0) is 0 Å². The van der Waals surface area contributed by atoms with Crippen molar-refractivity contribution in [3.05, 3.63) is 34.4 Å². The summed E-state index contributed by atoms with van der Waals surface area (Å²) in [6.45, 7) is 6.00. The molecule has 3 aliphatic rings. The lowest BCUT2D eigenvalue weighted by molar-refractivity contribution is 0.0878. The van der Waals surface area contributed by atoms with Crippen molar-refractivity contribution < 1.29 is 0 Å². The molecule has 5 heterocycles. The molecule has 7 heteroatoms. The average Bonchev–Trinajstić information content (AvgIpc) is 3.59. The highest BCUT2D eigenvalue weighted by Crippen LogP contribution is 2.38. The molecular weight excluding hydrogens is 416 g/mol. The highest BCUT2D eigenvalue weighted by molar-refractivity contribution is 7.10. The van der Waals surface area contributed by atoms with Gasteiger partial charge in [0.15, 0.2) is 0 Å². The van der Waals surface area contributed by atoms with Gasteiger partial charge in [-0.15, -0.1) is 11.3 Å². The predicted molar refractivity (Wildman–Crippen MR) is 131 cm³/mol. The van der Waals surface area contributed by atoms with Crippen LogP contribution in [0.2, 0.25) is 0 Å². The lowest BCUT2D eigenvalue weighted by Crippen LogP contribution is -2.49. The molecule has 0 spiro atoms. The summed E-state index contributed by atoms with van der Waals surface area (Å²) in [6.07, 6.45) is 11.8. The second-order valence-corrected chi connectivity index (χ2v) is 10.8. The molecule has 32 heavy (non-hydrogen) atoms. The monoisotopic (exact) mass is 450 g/mol. The first kappa shape index (κ1) is 20.8. The maximum absolute atomic E-state index is 4.99. The Balaban J connectivity index is 1.18. The van der Waals surface area contributed by atoms with E-state index in [1.54, 1.807) is 11.3 Å².